The van der Waals surface area contributed by atoms with Crippen LogP contribution >= 0.6 is 11.6 Å². The van der Waals surface area contributed by atoms with Crippen molar-refractivity contribution in [2.24, 2.45) is 11.8 Å². The van der Waals surface area contributed by atoms with Crippen LogP contribution in [-0.4, -0.2) is 81.5 Å². The Labute approximate surface area is 301 Å². The third-order valence-electron chi connectivity index (χ3n) is 10.9. The zero-order valence-corrected chi connectivity index (χ0v) is 30.8. The number of rotatable bonds is 4. The van der Waals surface area contributed by atoms with Crippen LogP contribution in [0.2, 0.25) is 5.02 Å². The van der Waals surface area contributed by atoms with Gasteiger partial charge in [-0.1, -0.05) is 35.9 Å². The Kier molecular flexibility index (Phi) is 10.8. The van der Waals surface area contributed by atoms with Crippen LogP contribution in [0.5, 0.6) is 5.75 Å². The zero-order valence-electron chi connectivity index (χ0n) is 30.0. The number of anilines is 1. The number of esters is 2. The predicted octanol–water partition coefficient (Wildman–Crippen LogP) is 6.63. The standard InChI is InChI=1S/C40H51ClN2O7/c1-39(2,3)50-37(45)23-48-34-10-6-7-18-42(4)36(44)21-31(38(46)47-5)26-12-16-35-33(20-26)43(22-28-11-14-30(28)34)24-40(25-49-35)17-8-9-27-19-29(41)13-15-32(27)40/h6,10,12-13,15-16,19-20,28,30-31,34H,7-9,11,14,17-18,21-25H2,1-5H3/b10-6-/t28-,30+,31-,34-,40-/m0/s1. The summed E-state index contributed by atoms with van der Waals surface area (Å²) in [6.45, 7) is 7.91. The number of amides is 1. The molecule has 0 aromatic heterocycles. The van der Waals surface area contributed by atoms with E-state index in [-0.39, 0.29) is 48.3 Å². The normalized spacial score (nSPS) is 27.6. The summed E-state index contributed by atoms with van der Waals surface area (Å²) >= 11 is 6.47. The third kappa shape index (κ3) is 7.99. The number of carbonyl (C=O) groups is 3. The van der Waals surface area contributed by atoms with Gasteiger partial charge in [-0.25, -0.2) is 4.79 Å². The van der Waals surface area contributed by atoms with E-state index in [1.165, 1.54) is 18.2 Å². The fraction of sp³-hybridized carbons (Fsp3) is 0.575. The first-order valence-electron chi connectivity index (χ1n) is 18.0. The molecular formula is C40H51ClN2O7. The number of carbonyl (C=O) groups excluding carboxylic acids is 3. The summed E-state index contributed by atoms with van der Waals surface area (Å²) in [4.78, 5) is 43.5. The third-order valence-corrected chi connectivity index (χ3v) is 11.1. The molecule has 10 heteroatoms. The molecule has 50 heavy (non-hydrogen) atoms. The molecule has 6 rings (SSSR count). The Bertz CT molecular complexity index is 1620. The lowest BCUT2D eigenvalue weighted by molar-refractivity contribution is -0.163. The van der Waals surface area contributed by atoms with Gasteiger partial charge in [0.25, 0.3) is 0 Å². The molecule has 2 aromatic rings. The Balaban J connectivity index is 1.39. The van der Waals surface area contributed by atoms with E-state index in [9.17, 15) is 14.4 Å². The number of halogens is 1. The van der Waals surface area contributed by atoms with E-state index in [1.54, 1.807) is 11.9 Å². The van der Waals surface area contributed by atoms with Gasteiger partial charge in [-0.15, -0.1) is 0 Å². The van der Waals surface area contributed by atoms with E-state index < -0.39 is 17.5 Å². The van der Waals surface area contributed by atoms with Gasteiger partial charge >= 0.3 is 11.9 Å². The van der Waals surface area contributed by atoms with Crippen LogP contribution in [-0.2, 0) is 40.4 Å². The number of nitrogens with zero attached hydrogens (tertiary/aromatic N) is 2. The summed E-state index contributed by atoms with van der Waals surface area (Å²) in [5.41, 5.74) is 3.33. The molecule has 0 radical (unpaired) electrons. The van der Waals surface area contributed by atoms with Gasteiger partial charge in [0.05, 0.1) is 31.4 Å². The number of ether oxygens (including phenoxy) is 4. The fourth-order valence-corrected chi connectivity index (χ4v) is 8.37. The number of methoxy groups -OCH3 is 1. The van der Waals surface area contributed by atoms with Gasteiger partial charge < -0.3 is 28.7 Å². The van der Waals surface area contributed by atoms with Crippen LogP contribution in [0, 0.1) is 11.8 Å². The van der Waals surface area contributed by atoms with Crippen molar-refractivity contribution in [3.63, 3.8) is 0 Å². The molecule has 2 bridgehead atoms. The predicted molar refractivity (Wildman–Crippen MR) is 193 cm³/mol. The van der Waals surface area contributed by atoms with Crippen molar-refractivity contribution in [3.8, 4) is 5.75 Å². The molecule has 1 spiro atoms. The second-order valence-electron chi connectivity index (χ2n) is 15.5. The molecule has 270 valence electrons. The van der Waals surface area contributed by atoms with Crippen molar-refractivity contribution in [3.05, 3.63) is 70.3 Å². The first kappa shape index (κ1) is 36.2. The molecule has 0 saturated heterocycles. The molecule has 2 aromatic carbocycles. The molecule has 0 unspecified atom stereocenters. The highest BCUT2D eigenvalue weighted by molar-refractivity contribution is 6.30. The SMILES string of the molecule is COC(=O)[C@H]1CC(=O)N(C)CC/C=C\[C@H](OCC(=O)OC(C)(C)C)[C@@H]2CC[C@H]2CN2C[C@@]3(CCCc4cc(Cl)ccc43)COc3ccc1cc32. The van der Waals surface area contributed by atoms with Crippen LogP contribution in [0.1, 0.15) is 81.9 Å². The van der Waals surface area contributed by atoms with E-state index in [0.717, 1.165) is 67.2 Å². The highest BCUT2D eigenvalue weighted by Gasteiger charge is 2.45. The van der Waals surface area contributed by atoms with Gasteiger partial charge in [-0.05, 0) is 112 Å². The zero-order chi connectivity index (χ0) is 35.6. The molecule has 0 N–H and O–H groups in total. The first-order valence-corrected chi connectivity index (χ1v) is 18.4. The highest BCUT2D eigenvalue weighted by Crippen LogP contribution is 2.47. The maximum Gasteiger partial charge on any atom is 0.332 e. The Hall–Kier alpha value is -3.56. The van der Waals surface area contributed by atoms with Gasteiger partial charge in [0.1, 0.15) is 18.0 Å². The summed E-state index contributed by atoms with van der Waals surface area (Å²) in [5, 5.41) is 0.741. The molecule has 1 amide bonds. The highest BCUT2D eigenvalue weighted by atomic mass is 35.5. The van der Waals surface area contributed by atoms with Gasteiger partial charge in [-0.3, -0.25) is 9.59 Å². The summed E-state index contributed by atoms with van der Waals surface area (Å²) in [7, 11) is 3.13. The minimum Gasteiger partial charge on any atom is -0.490 e. The molecule has 4 aliphatic rings. The van der Waals surface area contributed by atoms with Gasteiger partial charge in [0, 0.05) is 43.5 Å². The van der Waals surface area contributed by atoms with Crippen LogP contribution in [0.3, 0.4) is 0 Å². The maximum absolute atomic E-state index is 13.5. The average molecular weight is 707 g/mol. The van der Waals surface area contributed by atoms with Crippen molar-refractivity contribution in [1.29, 1.82) is 0 Å². The number of benzene rings is 2. The molecular weight excluding hydrogens is 656 g/mol. The Morgan fingerprint density at radius 2 is 1.94 bits per heavy atom. The lowest BCUT2D eigenvalue weighted by atomic mass is 9.68. The molecule has 1 fully saturated rings. The Morgan fingerprint density at radius 3 is 2.68 bits per heavy atom. The van der Waals surface area contributed by atoms with Crippen LogP contribution < -0.4 is 9.64 Å². The topological polar surface area (TPSA) is 94.6 Å². The van der Waals surface area contributed by atoms with E-state index in [0.29, 0.717) is 19.6 Å². The van der Waals surface area contributed by atoms with E-state index in [1.807, 2.05) is 51.1 Å². The van der Waals surface area contributed by atoms with Crippen LogP contribution in [0.4, 0.5) is 5.69 Å². The second-order valence-corrected chi connectivity index (χ2v) is 15.9. The smallest absolute Gasteiger partial charge is 0.332 e. The Morgan fingerprint density at radius 1 is 1.12 bits per heavy atom. The quantitative estimate of drug-likeness (QED) is 0.258. The summed E-state index contributed by atoms with van der Waals surface area (Å²) in [6.07, 6.45) is 9.42. The number of aryl methyl sites for hydroxylation is 1. The summed E-state index contributed by atoms with van der Waals surface area (Å²) < 4.78 is 23.8. The van der Waals surface area contributed by atoms with Gasteiger partial charge in [0.15, 0.2) is 0 Å². The average Bonchev–Trinajstić information content (AvgIpc) is 3.21. The molecule has 2 aliphatic carbocycles. The van der Waals surface area contributed by atoms with E-state index in [2.05, 4.69) is 23.1 Å². The fourth-order valence-electron chi connectivity index (χ4n) is 8.18. The van der Waals surface area contributed by atoms with Crippen molar-refractivity contribution in [2.45, 2.75) is 88.8 Å². The van der Waals surface area contributed by atoms with Crippen molar-refractivity contribution >= 4 is 35.1 Å². The van der Waals surface area contributed by atoms with E-state index in [4.69, 9.17) is 30.5 Å². The van der Waals surface area contributed by atoms with Gasteiger partial charge in [-0.2, -0.15) is 0 Å². The second kappa shape index (κ2) is 15.0. The minimum absolute atomic E-state index is 0.00305. The molecule has 1 saturated carbocycles. The largest absolute Gasteiger partial charge is 0.490 e. The summed E-state index contributed by atoms with van der Waals surface area (Å²) in [6, 6.07) is 12.1. The lowest BCUT2D eigenvalue weighted by Gasteiger charge is -2.46. The molecule has 9 nitrogen and oxygen atoms in total. The molecule has 5 atom stereocenters. The van der Waals surface area contributed by atoms with Crippen LogP contribution in [0.25, 0.3) is 0 Å². The summed E-state index contributed by atoms with van der Waals surface area (Å²) in [5.74, 6) is -0.478. The first-order chi connectivity index (χ1) is 23.9. The molecule has 2 aliphatic heterocycles. The lowest BCUT2D eigenvalue weighted by Crippen LogP contribution is -2.50. The minimum atomic E-state index is -0.748. The van der Waals surface area contributed by atoms with Crippen molar-refractivity contribution in [2.75, 3.05) is 51.9 Å². The number of hydrogen-bond acceptors (Lipinski definition) is 8. The number of fused-ring (bicyclic) bond motifs is 4. The monoisotopic (exact) mass is 706 g/mol. The maximum atomic E-state index is 13.5. The number of hydrogen-bond donors (Lipinski definition) is 0. The van der Waals surface area contributed by atoms with Crippen molar-refractivity contribution < 1.29 is 33.3 Å². The van der Waals surface area contributed by atoms with E-state index >= 15 is 0 Å². The van der Waals surface area contributed by atoms with Crippen LogP contribution in [0.15, 0.2) is 48.6 Å². The van der Waals surface area contributed by atoms with Crippen molar-refractivity contribution in [1.82, 2.24) is 4.90 Å². The molecule has 2 heterocycles. The van der Waals surface area contributed by atoms with Gasteiger partial charge in [0.2, 0.25) is 5.91 Å².